The molecule has 0 spiro atoms. The van der Waals surface area contributed by atoms with Gasteiger partial charge >= 0.3 is 11.9 Å². The number of nitrogens with two attached hydrogens (primary N) is 4. The number of guanidine groups is 1. The third-order valence-corrected chi connectivity index (χ3v) is 10.4. The number of nitrogens with one attached hydrogen (secondary N) is 7. The number of likely N-dealkylation sites (tertiary alicyclic amines) is 1. The molecule has 1 aliphatic heterocycles. The number of primary amides is 1. The van der Waals surface area contributed by atoms with Crippen LogP contribution in [-0.4, -0.2) is 152 Å². The monoisotopic (exact) mass is 940 g/mol. The first-order chi connectivity index (χ1) is 31.7. The summed E-state index contributed by atoms with van der Waals surface area (Å²) in [6.07, 6.45) is 1.18. The maximum absolute atomic E-state index is 14.0. The van der Waals surface area contributed by atoms with Crippen molar-refractivity contribution in [2.75, 3.05) is 19.6 Å². The van der Waals surface area contributed by atoms with Gasteiger partial charge in [0.15, 0.2) is 5.96 Å². The number of hydrogen-bond acceptors (Lipinski definition) is 13. The van der Waals surface area contributed by atoms with Crippen LogP contribution in [0, 0.1) is 5.92 Å². The molecule has 26 heteroatoms. The second-order valence-corrected chi connectivity index (χ2v) is 16.1. The number of hydrogen-bond donors (Lipinski definition) is 13. The Kier molecular flexibility index (Phi) is 21.1. The number of H-pyrrole nitrogens is 1. The van der Waals surface area contributed by atoms with E-state index in [0.717, 1.165) is 4.90 Å². The first-order valence-corrected chi connectivity index (χ1v) is 21.3. The number of benzene rings is 1. The molecule has 26 nitrogen and oxygen atoms in total. The molecule has 17 N–H and O–H groups in total. The molecule has 0 bridgehead atoms. The van der Waals surface area contributed by atoms with Crippen molar-refractivity contribution in [1.82, 2.24) is 46.8 Å². The third-order valence-electron chi connectivity index (χ3n) is 10.4. The highest BCUT2D eigenvalue weighted by atomic mass is 16.4. The SMILES string of the molecule is CC(C)[C@H](N)C(=O)N[C@@H](CC(N)=O)C(=O)N[C@@H](Cc1cnc[nH]1)C(=O)NCC(=O)N[C@@H](CCCN=C(N)N)C(=O)N[C@@H](Cc1ccccc1)C(=O)N[C@@H](CC(=O)O)C(=O)N1CCC[C@H]1C(=O)O. The number of imidazole rings is 1. The Balaban J connectivity index is 1.84. The Labute approximate surface area is 384 Å². The van der Waals surface area contributed by atoms with Crippen LogP contribution in [0.4, 0.5) is 0 Å². The summed E-state index contributed by atoms with van der Waals surface area (Å²) >= 11 is 0. The number of aliphatic carboxylic acids is 2. The Morgan fingerprint density at radius 2 is 1.40 bits per heavy atom. The summed E-state index contributed by atoms with van der Waals surface area (Å²) in [5.41, 5.74) is 23.0. The van der Waals surface area contributed by atoms with Crippen LogP contribution in [-0.2, 0) is 60.8 Å². The Morgan fingerprint density at radius 1 is 0.791 bits per heavy atom. The number of carboxylic acids is 2. The second-order valence-electron chi connectivity index (χ2n) is 16.1. The minimum atomic E-state index is -1.71. The Hall–Kier alpha value is -7.64. The van der Waals surface area contributed by atoms with Crippen molar-refractivity contribution < 1.29 is 58.2 Å². The number of nitrogens with zero attached hydrogens (tertiary/aromatic N) is 3. The van der Waals surface area contributed by atoms with E-state index in [4.69, 9.17) is 22.9 Å². The van der Waals surface area contributed by atoms with E-state index in [-0.39, 0.29) is 57.1 Å². The summed E-state index contributed by atoms with van der Waals surface area (Å²) in [5.74, 6) is -10.7. The molecule has 1 saturated heterocycles. The smallest absolute Gasteiger partial charge is 0.326 e. The zero-order chi connectivity index (χ0) is 49.8. The highest BCUT2D eigenvalue weighted by Crippen LogP contribution is 2.19. The molecule has 67 heavy (non-hydrogen) atoms. The van der Waals surface area contributed by atoms with Crippen LogP contribution in [0.15, 0.2) is 47.8 Å². The summed E-state index contributed by atoms with van der Waals surface area (Å²) < 4.78 is 0. The lowest BCUT2D eigenvalue weighted by Gasteiger charge is -2.28. The molecule has 7 atom stereocenters. The Bertz CT molecular complexity index is 2100. The highest BCUT2D eigenvalue weighted by molar-refractivity contribution is 5.98. The molecule has 1 aliphatic rings. The third kappa shape index (κ3) is 18.0. The van der Waals surface area contributed by atoms with Gasteiger partial charge in [0.1, 0.15) is 36.3 Å². The van der Waals surface area contributed by atoms with Crippen molar-refractivity contribution >= 4 is 65.2 Å². The molecule has 8 amide bonds. The van der Waals surface area contributed by atoms with Crippen LogP contribution in [0.5, 0.6) is 0 Å². The topological polar surface area (TPSA) is 432 Å². The van der Waals surface area contributed by atoms with Gasteiger partial charge in [-0.3, -0.25) is 48.1 Å². The van der Waals surface area contributed by atoms with E-state index in [1.165, 1.54) is 12.5 Å². The van der Waals surface area contributed by atoms with Gasteiger partial charge in [-0.05, 0) is 37.2 Å². The van der Waals surface area contributed by atoms with Crippen molar-refractivity contribution in [1.29, 1.82) is 0 Å². The van der Waals surface area contributed by atoms with Crippen LogP contribution in [0.3, 0.4) is 0 Å². The number of aromatic amines is 1. The molecule has 3 rings (SSSR count). The van der Waals surface area contributed by atoms with Gasteiger partial charge in [0.25, 0.3) is 0 Å². The van der Waals surface area contributed by atoms with E-state index in [2.05, 4.69) is 46.9 Å². The van der Waals surface area contributed by atoms with Gasteiger partial charge in [0.2, 0.25) is 47.3 Å². The van der Waals surface area contributed by atoms with E-state index >= 15 is 0 Å². The van der Waals surface area contributed by atoms with Gasteiger partial charge in [0, 0.05) is 37.8 Å². The average molecular weight is 941 g/mol. The maximum Gasteiger partial charge on any atom is 0.326 e. The molecule has 0 aliphatic carbocycles. The largest absolute Gasteiger partial charge is 0.481 e. The molecule has 2 heterocycles. The van der Waals surface area contributed by atoms with Crippen molar-refractivity contribution in [3.8, 4) is 0 Å². The van der Waals surface area contributed by atoms with Crippen molar-refractivity contribution in [3.63, 3.8) is 0 Å². The lowest BCUT2D eigenvalue weighted by molar-refractivity contribution is -0.150. The van der Waals surface area contributed by atoms with Crippen molar-refractivity contribution in [2.45, 2.75) is 108 Å². The second kappa shape index (κ2) is 26.4. The van der Waals surface area contributed by atoms with Gasteiger partial charge in [-0.15, -0.1) is 0 Å². The van der Waals surface area contributed by atoms with Gasteiger partial charge in [-0.2, -0.15) is 0 Å². The van der Waals surface area contributed by atoms with Crippen LogP contribution in [0.2, 0.25) is 0 Å². The fourth-order valence-electron chi connectivity index (χ4n) is 6.85. The van der Waals surface area contributed by atoms with E-state index in [9.17, 15) is 58.2 Å². The lowest BCUT2D eigenvalue weighted by atomic mass is 10.0. The molecule has 0 radical (unpaired) electrons. The predicted octanol–water partition coefficient (Wildman–Crippen LogP) is -4.80. The number of aliphatic imine (C=N–C) groups is 1. The Morgan fingerprint density at radius 3 is 1.99 bits per heavy atom. The van der Waals surface area contributed by atoms with Crippen molar-refractivity contribution in [2.24, 2.45) is 33.8 Å². The predicted molar refractivity (Wildman–Crippen MR) is 236 cm³/mol. The number of carbonyl (C=O) groups excluding carboxylic acids is 8. The van der Waals surface area contributed by atoms with Gasteiger partial charge in [0.05, 0.1) is 31.8 Å². The summed E-state index contributed by atoms with van der Waals surface area (Å²) in [6.45, 7) is 2.59. The highest BCUT2D eigenvalue weighted by Gasteiger charge is 2.39. The molecule has 2 aromatic rings. The van der Waals surface area contributed by atoms with Gasteiger partial charge < -0.3 is 74.9 Å². The average Bonchev–Trinajstić information content (AvgIpc) is 3.98. The fraction of sp³-hybridized carbons (Fsp3) is 0.512. The molecule has 1 fully saturated rings. The molecule has 0 saturated carbocycles. The minimum absolute atomic E-state index is 0.00898. The molecule has 1 aromatic heterocycles. The minimum Gasteiger partial charge on any atom is -0.481 e. The van der Waals surface area contributed by atoms with Crippen LogP contribution >= 0.6 is 0 Å². The van der Waals surface area contributed by atoms with Gasteiger partial charge in [-0.1, -0.05) is 44.2 Å². The normalized spacial score (nSPS) is 15.9. The quantitative estimate of drug-likeness (QED) is 0.0227. The molecule has 0 unspecified atom stereocenters. The van der Waals surface area contributed by atoms with Gasteiger partial charge in [-0.25, -0.2) is 9.78 Å². The van der Waals surface area contributed by atoms with Crippen LogP contribution in [0.25, 0.3) is 0 Å². The lowest BCUT2D eigenvalue weighted by Crippen LogP contribution is -2.59. The fourth-order valence-corrected chi connectivity index (χ4v) is 6.85. The van der Waals surface area contributed by atoms with Crippen LogP contribution in [0.1, 0.15) is 63.6 Å². The zero-order valence-corrected chi connectivity index (χ0v) is 37.1. The molecule has 366 valence electrons. The summed E-state index contributed by atoms with van der Waals surface area (Å²) in [5, 5.41) is 33.9. The van der Waals surface area contributed by atoms with E-state index in [1.807, 2.05) is 0 Å². The van der Waals surface area contributed by atoms with Crippen molar-refractivity contribution in [3.05, 3.63) is 54.1 Å². The number of rotatable bonds is 27. The van der Waals surface area contributed by atoms with E-state index in [1.54, 1.807) is 44.2 Å². The summed E-state index contributed by atoms with van der Waals surface area (Å²) in [7, 11) is 0. The number of amides is 8. The standard InChI is InChI=1S/C41H60N14O12/c1-21(2)33(43)38(64)53-27(16-30(42)56)37(63)52-26(15-23-18-46-20-49-23)34(60)48-19-31(57)50-24(10-6-12-47-41(44)45)35(61)51-25(14-22-8-4-3-5-9-22)36(62)54-28(17-32(58)59)39(65)55-13-7-11-29(55)40(66)67/h3-5,8-9,18,20-21,24-29,33H,6-7,10-17,19,43H2,1-2H3,(H2,42,56)(H,46,49)(H,48,60)(H,50,57)(H,51,61)(H,52,63)(H,53,64)(H,54,62)(H,58,59)(H,66,67)(H4,44,45,47)/t24-,25-,26-,27-,28-,29-,33-/m0/s1. The van der Waals surface area contributed by atoms with Crippen LogP contribution < -0.4 is 54.8 Å². The number of carbonyl (C=O) groups is 10. The number of carboxylic acid groups (broad SMARTS) is 2. The maximum atomic E-state index is 14.0. The molecular weight excluding hydrogens is 881 g/mol. The summed E-state index contributed by atoms with van der Waals surface area (Å²) in [4.78, 5) is 142. The van der Waals surface area contributed by atoms with E-state index in [0.29, 0.717) is 17.7 Å². The number of aromatic nitrogens is 2. The first-order valence-electron chi connectivity index (χ1n) is 21.3. The van der Waals surface area contributed by atoms with E-state index < -0.39 is 121 Å². The molecular formula is C41H60N14O12. The first kappa shape index (κ1) is 53.7. The molecule has 1 aromatic carbocycles. The summed E-state index contributed by atoms with van der Waals surface area (Å²) in [6, 6.07) is -1.54. The zero-order valence-electron chi connectivity index (χ0n) is 37.1.